The molecule has 4 aromatic rings. The van der Waals surface area contributed by atoms with Gasteiger partial charge in [-0.3, -0.25) is 9.89 Å². The van der Waals surface area contributed by atoms with Crippen LogP contribution in [-0.2, 0) is 4.79 Å². The minimum atomic E-state index is -4.57. The molecule has 1 N–H and O–H groups in total. The van der Waals surface area contributed by atoms with Gasteiger partial charge in [0.25, 0.3) is 0 Å². The summed E-state index contributed by atoms with van der Waals surface area (Å²) in [5.74, 6) is 1.27. The van der Waals surface area contributed by atoms with E-state index in [1.165, 1.54) is 6.08 Å². The molecule has 260 valence electrons. The number of ether oxygens (including phenoxy) is 1. The maximum absolute atomic E-state index is 14.0. The Labute approximate surface area is 287 Å². The number of rotatable bonds is 7. The monoisotopic (exact) mass is 684 g/mol. The van der Waals surface area contributed by atoms with Gasteiger partial charge in [-0.2, -0.15) is 28.5 Å². The number of aryl methyl sites for hydroxylation is 1. The lowest BCUT2D eigenvalue weighted by Gasteiger charge is -2.54. The van der Waals surface area contributed by atoms with E-state index in [-0.39, 0.29) is 28.9 Å². The molecule has 0 atom stereocenters. The number of fused-ring (bicyclic) bond motifs is 2. The molecule has 3 aliphatic heterocycles. The highest BCUT2D eigenvalue weighted by Gasteiger charge is 2.46. The van der Waals surface area contributed by atoms with Crippen LogP contribution in [0.1, 0.15) is 55.6 Å². The first kappa shape index (κ1) is 32.4. The Hall–Kier alpha value is -4.86. The molecule has 5 heterocycles. The second-order valence-electron chi connectivity index (χ2n) is 14.5. The van der Waals surface area contributed by atoms with E-state index in [0.717, 1.165) is 53.3 Å². The van der Waals surface area contributed by atoms with Crippen molar-refractivity contribution in [2.45, 2.75) is 57.5 Å². The van der Waals surface area contributed by atoms with Crippen molar-refractivity contribution in [2.24, 2.45) is 11.3 Å². The number of carbonyl (C=O) groups is 1. The van der Waals surface area contributed by atoms with E-state index in [1.54, 1.807) is 6.20 Å². The highest BCUT2D eigenvalue weighted by Crippen LogP contribution is 2.53. The molecule has 2 aromatic heterocycles. The molecule has 0 bridgehead atoms. The minimum absolute atomic E-state index is 0.0358. The Balaban J connectivity index is 1.31. The van der Waals surface area contributed by atoms with Gasteiger partial charge in [-0.05, 0) is 86.3 Å². The van der Waals surface area contributed by atoms with Gasteiger partial charge in [-0.1, -0.05) is 12.6 Å². The molecular formula is C37H39F3N8O2. The van der Waals surface area contributed by atoms with Crippen molar-refractivity contribution in [1.29, 1.82) is 5.26 Å². The van der Waals surface area contributed by atoms with Gasteiger partial charge < -0.3 is 19.4 Å². The van der Waals surface area contributed by atoms with Crippen molar-refractivity contribution < 1.29 is 22.7 Å². The van der Waals surface area contributed by atoms with Crippen LogP contribution in [-0.4, -0.2) is 83.0 Å². The summed E-state index contributed by atoms with van der Waals surface area (Å²) < 4.78 is 47.9. The summed E-state index contributed by atoms with van der Waals surface area (Å²) in [6.07, 6.45) is 3.37. The average molecular weight is 685 g/mol. The van der Waals surface area contributed by atoms with Crippen molar-refractivity contribution in [2.75, 3.05) is 55.7 Å². The number of aromatic amines is 1. The molecule has 4 fully saturated rings. The van der Waals surface area contributed by atoms with Gasteiger partial charge in [0.05, 0.1) is 17.8 Å². The summed E-state index contributed by atoms with van der Waals surface area (Å²) in [6, 6.07) is 8.34. The number of alkyl halides is 3. The lowest BCUT2D eigenvalue weighted by molar-refractivity contribution is -0.153. The molecule has 0 unspecified atom stereocenters. The number of hydrogen-bond acceptors (Lipinski definition) is 8. The number of anilines is 2. The first-order valence-corrected chi connectivity index (χ1v) is 17.4. The van der Waals surface area contributed by atoms with Crippen LogP contribution in [0.3, 0.4) is 0 Å². The molecule has 1 amide bonds. The van der Waals surface area contributed by atoms with Crippen LogP contribution in [0.2, 0.25) is 0 Å². The van der Waals surface area contributed by atoms with E-state index >= 15 is 0 Å². The zero-order chi connectivity index (χ0) is 34.8. The summed E-state index contributed by atoms with van der Waals surface area (Å²) in [4.78, 5) is 28.5. The standard InChI is InChI=1S/C37H39F3N8O2/c1-3-29(49)48-19-36(20-48)10-14-46(15-11-36)34-26-16-25(24-5-6-24)31(30-22(2)4-7-28-27(30)18-42-45-28)33(50-21-37(38,39)40)32(26)43-35(44-34)47-12-8-23(17-41)9-13-47/h3-4,7,16,18,23-24H,1,5-6,8-15,19-21H2,2H3,(H,42,45). The number of carbonyl (C=O) groups excluding carboxylic acids is 1. The van der Waals surface area contributed by atoms with Crippen LogP contribution in [0.25, 0.3) is 32.9 Å². The van der Waals surface area contributed by atoms with Crippen LogP contribution >= 0.6 is 0 Å². The number of H-pyrrole nitrogens is 1. The Morgan fingerprint density at radius 2 is 1.82 bits per heavy atom. The molecule has 13 heteroatoms. The number of hydrogen-bond donors (Lipinski definition) is 1. The highest BCUT2D eigenvalue weighted by molar-refractivity contribution is 6.06. The number of nitrogens with zero attached hydrogens (tertiary/aromatic N) is 7. The number of nitrogens with one attached hydrogen (secondary N) is 1. The summed E-state index contributed by atoms with van der Waals surface area (Å²) in [5, 5.41) is 18.3. The lowest BCUT2D eigenvalue weighted by Crippen LogP contribution is -2.61. The van der Waals surface area contributed by atoms with Crippen LogP contribution < -0.4 is 14.5 Å². The Bertz CT molecular complexity index is 2020. The SMILES string of the molecule is C=CC(=O)N1CC2(CCN(c3nc(N4CCC(C#N)CC4)nc4c(OCC(F)(F)F)c(-c5c(C)ccc6[nH]ncc56)c(C5CC5)cc34)CC2)C1. The van der Waals surface area contributed by atoms with Crippen LogP contribution in [0.15, 0.2) is 37.1 Å². The molecule has 4 aliphatic rings. The largest absolute Gasteiger partial charge is 0.481 e. The first-order valence-electron chi connectivity index (χ1n) is 17.4. The van der Waals surface area contributed by atoms with Gasteiger partial charge in [0.1, 0.15) is 11.3 Å². The molecule has 3 saturated heterocycles. The predicted octanol–water partition coefficient (Wildman–Crippen LogP) is 6.65. The van der Waals surface area contributed by atoms with Crippen molar-refractivity contribution in [1.82, 2.24) is 25.1 Å². The zero-order valence-electron chi connectivity index (χ0n) is 28.0. The fourth-order valence-electron chi connectivity index (χ4n) is 8.10. The minimum Gasteiger partial charge on any atom is -0.481 e. The smallest absolute Gasteiger partial charge is 0.422 e. The van der Waals surface area contributed by atoms with E-state index in [4.69, 9.17) is 14.7 Å². The van der Waals surface area contributed by atoms with Crippen LogP contribution in [0.5, 0.6) is 5.75 Å². The molecule has 1 saturated carbocycles. The van der Waals surface area contributed by atoms with E-state index in [9.17, 15) is 23.2 Å². The number of halogens is 3. The Morgan fingerprint density at radius 3 is 2.48 bits per heavy atom. The third-order valence-corrected chi connectivity index (χ3v) is 11.0. The van der Waals surface area contributed by atoms with Gasteiger partial charge in [0, 0.05) is 66.9 Å². The van der Waals surface area contributed by atoms with Gasteiger partial charge in [-0.15, -0.1) is 0 Å². The summed E-state index contributed by atoms with van der Waals surface area (Å²) in [5.41, 5.74) is 4.42. The van der Waals surface area contributed by atoms with Crippen molar-refractivity contribution in [3.8, 4) is 22.9 Å². The maximum Gasteiger partial charge on any atom is 0.422 e. The number of benzene rings is 2. The van der Waals surface area contributed by atoms with Crippen LogP contribution in [0.4, 0.5) is 24.9 Å². The molecule has 50 heavy (non-hydrogen) atoms. The van der Waals surface area contributed by atoms with E-state index in [1.807, 2.05) is 28.9 Å². The fraction of sp³-hybridized carbons (Fsp3) is 0.486. The predicted molar refractivity (Wildman–Crippen MR) is 184 cm³/mol. The summed E-state index contributed by atoms with van der Waals surface area (Å²) in [6.45, 7) is 8.01. The van der Waals surface area contributed by atoms with Gasteiger partial charge in [0.15, 0.2) is 12.4 Å². The second kappa shape index (κ2) is 12.2. The fourth-order valence-corrected chi connectivity index (χ4v) is 8.10. The lowest BCUT2D eigenvalue weighted by atomic mass is 9.72. The van der Waals surface area contributed by atoms with Gasteiger partial charge in [0.2, 0.25) is 11.9 Å². The molecular weight excluding hydrogens is 645 g/mol. The van der Waals surface area contributed by atoms with Crippen molar-refractivity contribution in [3.05, 3.63) is 48.2 Å². The molecule has 10 nitrogen and oxygen atoms in total. The quantitative estimate of drug-likeness (QED) is 0.215. The third-order valence-electron chi connectivity index (χ3n) is 11.0. The Kier molecular flexibility index (Phi) is 7.88. The topological polar surface area (TPSA) is 114 Å². The van der Waals surface area contributed by atoms with Crippen LogP contribution in [0, 0.1) is 29.6 Å². The first-order chi connectivity index (χ1) is 24.1. The second-order valence-corrected chi connectivity index (χ2v) is 14.5. The zero-order valence-corrected chi connectivity index (χ0v) is 28.0. The number of amides is 1. The highest BCUT2D eigenvalue weighted by atomic mass is 19.4. The molecule has 0 radical (unpaired) electrons. The number of likely N-dealkylation sites (tertiary alicyclic amines) is 1. The number of aromatic nitrogens is 4. The van der Waals surface area contributed by atoms with E-state index in [2.05, 4.69) is 33.8 Å². The summed E-state index contributed by atoms with van der Waals surface area (Å²) >= 11 is 0. The van der Waals surface area contributed by atoms with Gasteiger partial charge >= 0.3 is 6.18 Å². The van der Waals surface area contributed by atoms with Gasteiger partial charge in [-0.25, -0.2) is 4.98 Å². The molecule has 2 aromatic carbocycles. The molecule has 1 aliphatic carbocycles. The number of piperidine rings is 2. The van der Waals surface area contributed by atoms with Crippen molar-refractivity contribution in [3.63, 3.8) is 0 Å². The Morgan fingerprint density at radius 1 is 1.08 bits per heavy atom. The van der Waals surface area contributed by atoms with E-state index < -0.39 is 12.8 Å². The molecule has 8 rings (SSSR count). The molecule has 1 spiro atoms. The third kappa shape index (κ3) is 5.78. The summed E-state index contributed by atoms with van der Waals surface area (Å²) in [7, 11) is 0. The van der Waals surface area contributed by atoms with Crippen molar-refractivity contribution >= 4 is 39.5 Å². The van der Waals surface area contributed by atoms with E-state index in [0.29, 0.717) is 80.3 Å². The number of nitriles is 1. The normalized spacial score (nSPS) is 19.5. The average Bonchev–Trinajstić information content (AvgIpc) is 3.84. The maximum atomic E-state index is 14.0.